The van der Waals surface area contributed by atoms with Crippen molar-refractivity contribution in [3.8, 4) is 0 Å². The summed E-state index contributed by atoms with van der Waals surface area (Å²) in [6.45, 7) is 4.54. The van der Waals surface area contributed by atoms with Crippen LogP contribution in [-0.2, 0) is 14.8 Å². The summed E-state index contributed by atoms with van der Waals surface area (Å²) in [4.78, 5) is 12.0. The highest BCUT2D eigenvalue weighted by atomic mass is 32.2. The van der Waals surface area contributed by atoms with Crippen molar-refractivity contribution in [2.24, 2.45) is 11.8 Å². The van der Waals surface area contributed by atoms with E-state index in [0.29, 0.717) is 24.9 Å². The largest absolute Gasteiger partial charge is 0.465 e. The van der Waals surface area contributed by atoms with Crippen molar-refractivity contribution in [3.63, 3.8) is 0 Å². The van der Waals surface area contributed by atoms with Gasteiger partial charge in [-0.15, -0.1) is 0 Å². The molecule has 0 radical (unpaired) electrons. The standard InChI is InChI=1S/C15H20N2O4S/c1-10-3-4-14(13(5-10)15(18)21-2)22(19,20)17-8-11-6-16-7-12(11)9-17/h3-5,11-12,16H,6-9H2,1-2H3/t11-,12+. The van der Waals surface area contributed by atoms with Crippen molar-refractivity contribution in [1.29, 1.82) is 0 Å². The topological polar surface area (TPSA) is 75.7 Å². The van der Waals surface area contributed by atoms with Crippen LogP contribution in [0.5, 0.6) is 0 Å². The first kappa shape index (κ1) is 15.5. The fraction of sp³-hybridized carbons (Fsp3) is 0.533. The number of nitrogens with one attached hydrogen (secondary N) is 1. The minimum atomic E-state index is -3.68. The third-order valence-corrected chi connectivity index (χ3v) is 6.40. The number of esters is 1. The van der Waals surface area contributed by atoms with Gasteiger partial charge >= 0.3 is 5.97 Å². The summed E-state index contributed by atoms with van der Waals surface area (Å²) < 4.78 is 32.1. The highest BCUT2D eigenvalue weighted by Crippen LogP contribution is 2.32. The number of ether oxygens (including phenoxy) is 1. The molecular formula is C15H20N2O4S. The molecule has 0 aliphatic carbocycles. The molecule has 2 aliphatic heterocycles. The number of fused-ring (bicyclic) bond motifs is 1. The first-order valence-electron chi connectivity index (χ1n) is 7.33. The third-order valence-electron chi connectivity index (χ3n) is 4.51. The van der Waals surface area contributed by atoms with Gasteiger partial charge in [0.1, 0.15) is 0 Å². The lowest BCUT2D eigenvalue weighted by atomic mass is 10.0. The molecule has 0 unspecified atom stereocenters. The van der Waals surface area contributed by atoms with Gasteiger partial charge in [0.05, 0.1) is 17.6 Å². The number of rotatable bonds is 3. The molecule has 0 saturated carbocycles. The normalized spacial score (nSPS) is 25.2. The van der Waals surface area contributed by atoms with E-state index in [0.717, 1.165) is 18.7 Å². The molecule has 3 rings (SSSR count). The predicted octanol–water partition coefficient (Wildman–Crippen LogP) is 0.622. The molecule has 2 aliphatic rings. The van der Waals surface area contributed by atoms with Gasteiger partial charge in [0, 0.05) is 13.1 Å². The zero-order valence-corrected chi connectivity index (χ0v) is 13.5. The Bertz CT molecular complexity index is 689. The molecule has 2 heterocycles. The van der Waals surface area contributed by atoms with E-state index < -0.39 is 16.0 Å². The van der Waals surface area contributed by atoms with Gasteiger partial charge in [0.25, 0.3) is 0 Å². The summed E-state index contributed by atoms with van der Waals surface area (Å²) in [5.74, 6) is 0.104. The first-order chi connectivity index (χ1) is 10.4. The van der Waals surface area contributed by atoms with Crippen LogP contribution < -0.4 is 5.32 Å². The number of hydrogen-bond donors (Lipinski definition) is 1. The van der Waals surface area contributed by atoms with E-state index in [2.05, 4.69) is 5.32 Å². The monoisotopic (exact) mass is 324 g/mol. The molecule has 1 aromatic rings. The number of hydrogen-bond acceptors (Lipinski definition) is 5. The van der Waals surface area contributed by atoms with Crippen molar-refractivity contribution < 1.29 is 17.9 Å². The average Bonchev–Trinajstić information content (AvgIpc) is 3.07. The minimum absolute atomic E-state index is 0.0397. The number of nitrogens with zero attached hydrogens (tertiary/aromatic N) is 1. The van der Waals surface area contributed by atoms with Crippen LogP contribution >= 0.6 is 0 Å². The van der Waals surface area contributed by atoms with Crippen LogP contribution in [0.1, 0.15) is 15.9 Å². The number of methoxy groups -OCH3 is 1. The van der Waals surface area contributed by atoms with Gasteiger partial charge in [0.2, 0.25) is 10.0 Å². The highest BCUT2D eigenvalue weighted by molar-refractivity contribution is 7.89. The van der Waals surface area contributed by atoms with E-state index in [1.165, 1.54) is 17.5 Å². The first-order valence-corrected chi connectivity index (χ1v) is 8.77. The van der Waals surface area contributed by atoms with Gasteiger partial charge in [-0.2, -0.15) is 4.31 Å². The molecule has 1 N–H and O–H groups in total. The van der Waals surface area contributed by atoms with E-state index in [1.54, 1.807) is 12.1 Å². The Morgan fingerprint density at radius 2 is 1.91 bits per heavy atom. The van der Waals surface area contributed by atoms with Crippen molar-refractivity contribution in [2.45, 2.75) is 11.8 Å². The van der Waals surface area contributed by atoms with Crippen molar-refractivity contribution >= 4 is 16.0 Å². The molecule has 0 bridgehead atoms. The lowest BCUT2D eigenvalue weighted by Gasteiger charge is -2.19. The summed E-state index contributed by atoms with van der Waals surface area (Å²) in [6.07, 6.45) is 0. The summed E-state index contributed by atoms with van der Waals surface area (Å²) in [7, 11) is -2.42. The molecule has 0 amide bonds. The summed E-state index contributed by atoms with van der Waals surface area (Å²) in [5.41, 5.74) is 0.930. The zero-order chi connectivity index (χ0) is 15.9. The Morgan fingerprint density at radius 1 is 1.27 bits per heavy atom. The van der Waals surface area contributed by atoms with Crippen LogP contribution in [0.15, 0.2) is 23.1 Å². The van der Waals surface area contributed by atoms with Crippen molar-refractivity contribution in [1.82, 2.24) is 9.62 Å². The van der Waals surface area contributed by atoms with E-state index in [9.17, 15) is 13.2 Å². The maximum atomic E-state index is 12.9. The maximum absolute atomic E-state index is 12.9. The van der Waals surface area contributed by atoms with Gasteiger partial charge in [0.15, 0.2) is 0 Å². The van der Waals surface area contributed by atoms with Crippen LogP contribution in [0, 0.1) is 18.8 Å². The molecule has 120 valence electrons. The zero-order valence-electron chi connectivity index (χ0n) is 12.7. The number of carbonyl (C=O) groups excluding carboxylic acids is 1. The molecular weight excluding hydrogens is 304 g/mol. The van der Waals surface area contributed by atoms with Crippen molar-refractivity contribution in [2.75, 3.05) is 33.3 Å². The van der Waals surface area contributed by atoms with E-state index in [4.69, 9.17) is 4.74 Å². The Morgan fingerprint density at radius 3 is 2.50 bits per heavy atom. The second-order valence-corrected chi connectivity index (χ2v) is 7.90. The lowest BCUT2D eigenvalue weighted by Crippen LogP contribution is -2.33. The van der Waals surface area contributed by atoms with E-state index >= 15 is 0 Å². The maximum Gasteiger partial charge on any atom is 0.339 e. The van der Waals surface area contributed by atoms with E-state index in [1.807, 2.05) is 6.92 Å². The Hall–Kier alpha value is -1.44. The molecule has 1 aromatic carbocycles. The van der Waals surface area contributed by atoms with Crippen LogP contribution in [0.2, 0.25) is 0 Å². The summed E-state index contributed by atoms with van der Waals surface area (Å²) in [5, 5.41) is 3.29. The second-order valence-electron chi connectivity index (χ2n) is 5.99. The van der Waals surface area contributed by atoms with Crippen LogP contribution in [0.25, 0.3) is 0 Å². The van der Waals surface area contributed by atoms with E-state index in [-0.39, 0.29) is 10.5 Å². The molecule has 0 aromatic heterocycles. The van der Waals surface area contributed by atoms with Crippen LogP contribution in [0.3, 0.4) is 0 Å². The fourth-order valence-corrected chi connectivity index (χ4v) is 5.00. The predicted molar refractivity (Wildman–Crippen MR) is 81.1 cm³/mol. The van der Waals surface area contributed by atoms with Gasteiger partial charge in [-0.25, -0.2) is 13.2 Å². The van der Waals surface area contributed by atoms with Crippen molar-refractivity contribution in [3.05, 3.63) is 29.3 Å². The minimum Gasteiger partial charge on any atom is -0.465 e. The molecule has 7 heteroatoms. The quantitative estimate of drug-likeness (QED) is 0.825. The Balaban J connectivity index is 1.97. The number of sulfonamides is 1. The van der Waals surface area contributed by atoms with Gasteiger partial charge in [-0.1, -0.05) is 11.6 Å². The van der Waals surface area contributed by atoms with Gasteiger partial charge in [-0.05, 0) is 44.0 Å². The van der Waals surface area contributed by atoms with Gasteiger partial charge < -0.3 is 10.1 Å². The van der Waals surface area contributed by atoms with Crippen LogP contribution in [-0.4, -0.2) is 52.0 Å². The molecule has 2 atom stereocenters. The number of carbonyl (C=O) groups is 1. The average molecular weight is 324 g/mol. The lowest BCUT2D eigenvalue weighted by molar-refractivity contribution is 0.0596. The summed E-state index contributed by atoms with van der Waals surface area (Å²) in [6, 6.07) is 4.78. The van der Waals surface area contributed by atoms with Crippen LogP contribution in [0.4, 0.5) is 0 Å². The molecule has 2 saturated heterocycles. The smallest absolute Gasteiger partial charge is 0.339 e. The van der Waals surface area contributed by atoms with Gasteiger partial charge in [-0.3, -0.25) is 0 Å². The number of aryl methyl sites for hydroxylation is 1. The second kappa shape index (κ2) is 5.64. The molecule has 2 fully saturated rings. The molecule has 22 heavy (non-hydrogen) atoms. The third kappa shape index (κ3) is 2.53. The number of benzene rings is 1. The Kier molecular flexibility index (Phi) is 3.96. The fourth-order valence-electron chi connectivity index (χ4n) is 3.29. The molecule has 0 spiro atoms. The highest BCUT2D eigenvalue weighted by Gasteiger charge is 2.42. The SMILES string of the molecule is COC(=O)c1cc(C)ccc1S(=O)(=O)N1C[C@H]2CNC[C@H]2C1. The summed E-state index contributed by atoms with van der Waals surface area (Å²) >= 11 is 0. The molecule has 6 nitrogen and oxygen atoms in total. The Labute approximate surface area is 130 Å².